The molecule has 1 unspecified atom stereocenters. The first kappa shape index (κ1) is 51.1. The molecule has 0 aliphatic carbocycles. The molecule has 0 spiro atoms. The van der Waals surface area contributed by atoms with Crippen LogP contribution in [0.5, 0.6) is 0 Å². The highest BCUT2D eigenvalue weighted by Gasteiger charge is 2.57. The van der Waals surface area contributed by atoms with Gasteiger partial charge in [-0.15, -0.1) is 0 Å². The van der Waals surface area contributed by atoms with Crippen molar-refractivity contribution in [2.75, 3.05) is 33.5 Å². The molecule has 0 aromatic heterocycles. The van der Waals surface area contributed by atoms with Gasteiger partial charge in [0.15, 0.2) is 12.4 Å². The highest BCUT2D eigenvalue weighted by atomic mass is 16.7. The Hall–Kier alpha value is -3.22. The van der Waals surface area contributed by atoms with Crippen molar-refractivity contribution in [2.24, 2.45) is 5.41 Å². The van der Waals surface area contributed by atoms with Crippen LogP contribution in [0.2, 0.25) is 0 Å². The molecule has 0 saturated carbocycles. The van der Waals surface area contributed by atoms with Gasteiger partial charge in [0.25, 0.3) is 0 Å². The Morgan fingerprint density at radius 3 is 2.38 bits per heavy atom. The van der Waals surface area contributed by atoms with Gasteiger partial charge < -0.3 is 58.3 Å². The van der Waals surface area contributed by atoms with E-state index in [9.17, 15) is 39.6 Å². The molecule has 0 aromatic carbocycles. The van der Waals surface area contributed by atoms with Crippen molar-refractivity contribution in [1.29, 1.82) is 0 Å². The number of aliphatic hydroxyl groups is 4. The zero-order chi connectivity index (χ0) is 44.1. The zero-order valence-corrected chi connectivity index (χ0v) is 36.0. The Morgan fingerprint density at radius 1 is 0.950 bits per heavy atom. The minimum atomic E-state index is -2.38. The van der Waals surface area contributed by atoms with E-state index in [1.54, 1.807) is 26.0 Å². The maximum Gasteiger partial charge on any atom is 0.330 e. The number of methoxy groups -OCH3 is 1. The average molecular weight is 855 g/mol. The number of esters is 4. The van der Waals surface area contributed by atoms with Crippen LogP contribution in [-0.2, 0) is 57.1 Å². The number of aliphatic hydroxyl groups excluding tert-OH is 3. The van der Waals surface area contributed by atoms with Crippen LogP contribution in [0.1, 0.15) is 124 Å². The summed E-state index contributed by atoms with van der Waals surface area (Å²) < 4.78 is 47.1. The second-order valence-corrected chi connectivity index (χ2v) is 16.4. The molecule has 9 atom stereocenters. The Morgan fingerprint density at radius 2 is 1.68 bits per heavy atom. The quantitative estimate of drug-likeness (QED) is 0.0523. The van der Waals surface area contributed by atoms with Crippen molar-refractivity contribution < 1.29 is 77.5 Å². The molecule has 4 bridgehead atoms. The molecular weight excluding hydrogens is 784 g/mol. The normalized spacial score (nSPS) is 31.6. The summed E-state index contributed by atoms with van der Waals surface area (Å²) >= 11 is 0. The van der Waals surface area contributed by atoms with Gasteiger partial charge in [0.2, 0.25) is 5.79 Å². The third kappa shape index (κ3) is 16.9. The summed E-state index contributed by atoms with van der Waals surface area (Å²) in [6.45, 7) is 8.48. The molecule has 3 aliphatic rings. The third-order valence-electron chi connectivity index (χ3n) is 11.0. The van der Waals surface area contributed by atoms with Gasteiger partial charge in [0.1, 0.15) is 12.7 Å². The molecule has 2 saturated heterocycles. The lowest BCUT2D eigenvalue weighted by molar-refractivity contribution is -0.327. The fourth-order valence-corrected chi connectivity index (χ4v) is 7.59. The largest absolute Gasteiger partial charge is 0.466 e. The number of unbranched alkanes of at least 4 members (excludes halogenated alkanes) is 5. The molecule has 342 valence electrons. The number of rotatable bonds is 17. The maximum atomic E-state index is 13.4. The number of ether oxygens (including phenoxy) is 8. The summed E-state index contributed by atoms with van der Waals surface area (Å²) in [7, 11) is 1.19. The van der Waals surface area contributed by atoms with Crippen LogP contribution in [0, 0.1) is 5.41 Å². The summed E-state index contributed by atoms with van der Waals surface area (Å²) in [5.41, 5.74) is -1.27. The van der Waals surface area contributed by atoms with E-state index in [0.29, 0.717) is 38.5 Å². The molecular formula is C44H70O16. The van der Waals surface area contributed by atoms with Crippen molar-refractivity contribution in [3.63, 3.8) is 0 Å². The molecule has 4 N–H and O–H groups in total. The molecule has 3 rings (SSSR count). The van der Waals surface area contributed by atoms with Gasteiger partial charge in [0, 0.05) is 44.0 Å². The average Bonchev–Trinajstić information content (AvgIpc) is 3.19. The monoisotopic (exact) mass is 854 g/mol. The van der Waals surface area contributed by atoms with E-state index < -0.39 is 84.6 Å². The first-order chi connectivity index (χ1) is 28.7. The van der Waals surface area contributed by atoms with E-state index in [1.165, 1.54) is 13.2 Å². The smallest absolute Gasteiger partial charge is 0.330 e. The number of hydrogen-bond donors (Lipinski definition) is 4. The molecule has 0 amide bonds. The molecule has 16 heteroatoms. The lowest BCUT2D eigenvalue weighted by atomic mass is 9.74. The predicted molar refractivity (Wildman–Crippen MR) is 217 cm³/mol. The van der Waals surface area contributed by atoms with Crippen LogP contribution < -0.4 is 0 Å². The van der Waals surface area contributed by atoms with E-state index in [4.69, 9.17) is 37.9 Å². The first-order valence-electron chi connectivity index (χ1n) is 21.5. The fraction of sp³-hybridized carbons (Fsp3) is 0.773. The lowest BCUT2D eigenvalue weighted by Gasteiger charge is -2.51. The summed E-state index contributed by atoms with van der Waals surface area (Å²) in [6, 6.07) is 0. The minimum Gasteiger partial charge on any atom is -0.466 e. The molecule has 0 radical (unpaired) electrons. The van der Waals surface area contributed by atoms with Crippen molar-refractivity contribution in [2.45, 2.75) is 178 Å². The van der Waals surface area contributed by atoms with Crippen LogP contribution in [0.15, 0.2) is 36.5 Å². The van der Waals surface area contributed by atoms with E-state index >= 15 is 0 Å². The predicted octanol–water partition coefficient (Wildman–Crippen LogP) is 4.42. The van der Waals surface area contributed by atoms with Crippen molar-refractivity contribution in [1.82, 2.24) is 0 Å². The van der Waals surface area contributed by atoms with Crippen LogP contribution in [-0.4, -0.2) is 133 Å². The van der Waals surface area contributed by atoms with Crippen molar-refractivity contribution in [3.05, 3.63) is 36.5 Å². The van der Waals surface area contributed by atoms with Crippen LogP contribution >= 0.6 is 0 Å². The summed E-state index contributed by atoms with van der Waals surface area (Å²) in [4.78, 5) is 52.0. The molecule has 16 nitrogen and oxygen atoms in total. The van der Waals surface area contributed by atoms with Crippen molar-refractivity contribution in [3.8, 4) is 0 Å². The SMILES string of the molecule is C=CCOC(=O)C[C@H]1CC2C[C@@H](CCCCO)OCC[C@@H](O)CC(=O)O[C@@H](CO)C[C@@H]3C/C(=C\C(=O)OC)[C@H](OC(=O)CCCCCCC)[C@@](O)(O3)C(C)(C)/C=C/[C@H](O2)O1. The maximum absolute atomic E-state index is 13.4. The Bertz CT molecular complexity index is 1410. The second-order valence-electron chi connectivity index (χ2n) is 16.4. The van der Waals surface area contributed by atoms with E-state index in [-0.39, 0.29) is 70.0 Å². The number of cyclic esters (lactones) is 1. The number of carbonyl (C=O) groups is 4. The van der Waals surface area contributed by atoms with Gasteiger partial charge in [-0.3, -0.25) is 14.4 Å². The Labute approximate surface area is 354 Å². The number of fused-ring (bicyclic) bond motifs is 4. The van der Waals surface area contributed by atoms with Gasteiger partial charge in [-0.05, 0) is 56.6 Å². The fourth-order valence-electron chi connectivity index (χ4n) is 7.59. The van der Waals surface area contributed by atoms with Gasteiger partial charge in [-0.25, -0.2) is 4.79 Å². The standard InChI is InChI=1S/C44H70O16/c1-6-8-9-10-11-15-37(48)59-42-30(23-38(49)53-5)22-35-27-36(29-46)56-40(51)24-31(47)17-21-54-32(14-12-13-19-45)25-33-26-34(28-39(50)55-20-7-2)58-41(57-33)16-18-43(3,4)44(42,52)60-35/h7,16,18,23,31-36,41-42,45-47,52H,2,6,8-15,17,19-22,24-29H2,1,3-5H3/b18-16+,30-23+/t31-,32-,33?,34-,35+,36-,41-,42+,44-/m1/s1. The topological polar surface area (TPSA) is 223 Å². The number of hydrogen-bond acceptors (Lipinski definition) is 16. The second kappa shape index (κ2) is 26.3. The lowest BCUT2D eigenvalue weighted by Crippen LogP contribution is -2.62. The van der Waals surface area contributed by atoms with E-state index in [2.05, 4.69) is 13.5 Å². The van der Waals surface area contributed by atoms with Gasteiger partial charge in [0.05, 0.1) is 57.1 Å². The molecule has 3 aliphatic heterocycles. The van der Waals surface area contributed by atoms with E-state index in [1.807, 2.05) is 0 Å². The number of carbonyl (C=O) groups excluding carboxylic acids is 4. The Balaban J connectivity index is 2.10. The minimum absolute atomic E-state index is 0.00356. The van der Waals surface area contributed by atoms with Crippen LogP contribution in [0.4, 0.5) is 0 Å². The molecule has 3 heterocycles. The molecule has 60 heavy (non-hydrogen) atoms. The zero-order valence-electron chi connectivity index (χ0n) is 36.0. The highest BCUT2D eigenvalue weighted by Crippen LogP contribution is 2.47. The van der Waals surface area contributed by atoms with Crippen LogP contribution in [0.3, 0.4) is 0 Å². The third-order valence-corrected chi connectivity index (χ3v) is 11.0. The Kier molecular flexibility index (Phi) is 22.4. The summed E-state index contributed by atoms with van der Waals surface area (Å²) in [5.74, 6) is -5.03. The summed E-state index contributed by atoms with van der Waals surface area (Å²) in [5, 5.41) is 43.3. The van der Waals surface area contributed by atoms with Gasteiger partial charge >= 0.3 is 23.9 Å². The molecule has 2 fully saturated rings. The van der Waals surface area contributed by atoms with Crippen molar-refractivity contribution >= 4 is 23.9 Å². The first-order valence-corrected chi connectivity index (χ1v) is 21.5. The highest BCUT2D eigenvalue weighted by molar-refractivity contribution is 5.83. The summed E-state index contributed by atoms with van der Waals surface area (Å²) in [6.07, 6.45) is 4.71. The van der Waals surface area contributed by atoms with Gasteiger partial charge in [-0.1, -0.05) is 65.2 Å². The van der Waals surface area contributed by atoms with Gasteiger partial charge in [-0.2, -0.15) is 0 Å². The van der Waals surface area contributed by atoms with Crippen LogP contribution in [0.25, 0.3) is 0 Å². The van der Waals surface area contributed by atoms with E-state index in [0.717, 1.165) is 31.8 Å². The molecule has 0 aromatic rings.